The maximum absolute atomic E-state index is 12.4. The Balaban J connectivity index is 2.12. The molecule has 0 bridgehead atoms. The van der Waals surface area contributed by atoms with E-state index in [9.17, 15) is 9.59 Å². The summed E-state index contributed by atoms with van der Waals surface area (Å²) in [4.78, 5) is 25.6. The van der Waals surface area contributed by atoms with Gasteiger partial charge < -0.3 is 14.8 Å². The molecule has 0 aliphatic rings. The quantitative estimate of drug-likeness (QED) is 0.278. The van der Waals surface area contributed by atoms with Crippen molar-refractivity contribution in [1.82, 2.24) is 5.32 Å². The van der Waals surface area contributed by atoms with Gasteiger partial charge in [0, 0.05) is 19.3 Å². The van der Waals surface area contributed by atoms with E-state index in [4.69, 9.17) is 9.47 Å². The van der Waals surface area contributed by atoms with Crippen molar-refractivity contribution >= 4 is 23.8 Å². The first kappa shape index (κ1) is 23.0. The molecule has 160 valence electrons. The lowest BCUT2D eigenvalue weighted by Crippen LogP contribution is -2.37. The van der Waals surface area contributed by atoms with Gasteiger partial charge in [-0.1, -0.05) is 56.2 Å². The molecule has 2 aromatic rings. The van der Waals surface area contributed by atoms with Gasteiger partial charge in [0.15, 0.2) is 0 Å². The van der Waals surface area contributed by atoms with Gasteiger partial charge in [-0.05, 0) is 41.3 Å². The van der Waals surface area contributed by atoms with E-state index in [-0.39, 0.29) is 11.8 Å². The van der Waals surface area contributed by atoms with E-state index in [0.717, 1.165) is 41.6 Å². The summed E-state index contributed by atoms with van der Waals surface area (Å²) in [6.07, 6.45) is 4.84. The van der Waals surface area contributed by atoms with Crippen LogP contribution in [0, 0.1) is 0 Å². The van der Waals surface area contributed by atoms with E-state index >= 15 is 0 Å². The van der Waals surface area contributed by atoms with Gasteiger partial charge in [-0.15, -0.1) is 0 Å². The van der Waals surface area contributed by atoms with Gasteiger partial charge in [0.2, 0.25) is 5.76 Å². The van der Waals surface area contributed by atoms with Crippen LogP contribution in [0.15, 0.2) is 54.3 Å². The molecule has 0 aromatic heterocycles. The number of amides is 2. The molecule has 2 aromatic carbocycles. The molecular formula is C24H30N2O4. The molecule has 1 N–H and O–H groups in total. The Morgan fingerprint density at radius 3 is 2.37 bits per heavy atom. The fourth-order valence-electron chi connectivity index (χ4n) is 2.93. The van der Waals surface area contributed by atoms with Crippen molar-refractivity contribution in [3.63, 3.8) is 0 Å². The summed E-state index contributed by atoms with van der Waals surface area (Å²) in [5.74, 6) is -0.385. The zero-order chi connectivity index (χ0) is 21.9. The molecule has 30 heavy (non-hydrogen) atoms. The van der Waals surface area contributed by atoms with Crippen LogP contribution in [-0.2, 0) is 14.3 Å². The number of nitrogens with zero attached hydrogens (tertiary/aromatic N) is 1. The number of urea groups is 1. The van der Waals surface area contributed by atoms with Gasteiger partial charge in [0.05, 0.1) is 14.2 Å². The number of unbranched alkanes of at least 4 members (excludes halogenated alkanes) is 2. The number of nitrogens with one attached hydrogen (secondary N) is 1. The maximum Gasteiger partial charge on any atom is 0.373 e. The summed E-state index contributed by atoms with van der Waals surface area (Å²) in [5.41, 5.74) is 3.63. The van der Waals surface area contributed by atoms with E-state index in [0.29, 0.717) is 6.54 Å². The van der Waals surface area contributed by atoms with E-state index in [1.54, 1.807) is 18.0 Å². The van der Waals surface area contributed by atoms with Crippen LogP contribution in [0.4, 0.5) is 10.5 Å². The molecule has 0 atom stereocenters. The number of carbonyl (C=O) groups is 2. The van der Waals surface area contributed by atoms with E-state index in [1.807, 2.05) is 48.5 Å². The SMILES string of the molecule is CCCCCNC(=O)N(C)c1cccc(-c2ccc(C=C(OC)C(=O)OC)cc2)c1. The minimum Gasteiger partial charge on any atom is -0.490 e. The lowest BCUT2D eigenvalue weighted by Gasteiger charge is -2.19. The molecular weight excluding hydrogens is 380 g/mol. The molecule has 0 aliphatic carbocycles. The van der Waals surface area contributed by atoms with Gasteiger partial charge >= 0.3 is 12.0 Å². The van der Waals surface area contributed by atoms with Crippen LogP contribution >= 0.6 is 0 Å². The minimum atomic E-state index is -0.523. The fourth-order valence-corrected chi connectivity index (χ4v) is 2.93. The Labute approximate surface area is 178 Å². The average molecular weight is 411 g/mol. The first-order valence-electron chi connectivity index (χ1n) is 10.1. The number of benzene rings is 2. The third-order valence-corrected chi connectivity index (χ3v) is 4.74. The number of esters is 1. The monoisotopic (exact) mass is 410 g/mol. The second kappa shape index (κ2) is 11.7. The fraction of sp³-hybridized carbons (Fsp3) is 0.333. The first-order valence-corrected chi connectivity index (χ1v) is 10.1. The number of hydrogen-bond donors (Lipinski definition) is 1. The predicted octanol–water partition coefficient (Wildman–Crippen LogP) is 4.85. The molecule has 2 rings (SSSR count). The van der Waals surface area contributed by atoms with Crippen LogP contribution in [0.2, 0.25) is 0 Å². The van der Waals surface area contributed by atoms with Crippen molar-refractivity contribution in [2.24, 2.45) is 0 Å². The maximum atomic E-state index is 12.4. The highest BCUT2D eigenvalue weighted by molar-refractivity contribution is 5.92. The molecule has 6 nitrogen and oxygen atoms in total. The third-order valence-electron chi connectivity index (χ3n) is 4.74. The average Bonchev–Trinajstić information content (AvgIpc) is 2.79. The summed E-state index contributed by atoms with van der Waals surface area (Å²) in [6.45, 7) is 2.82. The number of methoxy groups -OCH3 is 2. The van der Waals surface area contributed by atoms with Crippen molar-refractivity contribution in [3.05, 3.63) is 59.9 Å². The molecule has 0 radical (unpaired) electrons. The highest BCUT2D eigenvalue weighted by atomic mass is 16.6. The number of ether oxygens (including phenoxy) is 2. The molecule has 0 unspecified atom stereocenters. The highest BCUT2D eigenvalue weighted by Gasteiger charge is 2.12. The highest BCUT2D eigenvalue weighted by Crippen LogP contribution is 2.25. The van der Waals surface area contributed by atoms with Crippen LogP contribution in [0.25, 0.3) is 17.2 Å². The standard InChI is InChI=1S/C24H30N2O4/c1-5-6-7-15-25-24(28)26(2)21-10-8-9-20(17-21)19-13-11-18(12-14-19)16-22(29-3)23(27)30-4/h8-14,16-17H,5-7,15H2,1-4H3,(H,25,28). The lowest BCUT2D eigenvalue weighted by molar-refractivity contribution is -0.139. The van der Waals surface area contributed by atoms with Crippen LogP contribution in [0.1, 0.15) is 31.7 Å². The smallest absolute Gasteiger partial charge is 0.373 e. The van der Waals surface area contributed by atoms with Crippen molar-refractivity contribution in [3.8, 4) is 11.1 Å². The Morgan fingerprint density at radius 1 is 1.00 bits per heavy atom. The van der Waals surface area contributed by atoms with Crippen LogP contribution < -0.4 is 10.2 Å². The molecule has 6 heteroatoms. The van der Waals surface area contributed by atoms with Crippen molar-refractivity contribution < 1.29 is 19.1 Å². The summed E-state index contributed by atoms with van der Waals surface area (Å²) >= 11 is 0. The number of carbonyl (C=O) groups excluding carboxylic acids is 2. The molecule has 0 spiro atoms. The van der Waals surface area contributed by atoms with Gasteiger partial charge in [0.1, 0.15) is 0 Å². The Morgan fingerprint density at radius 2 is 1.73 bits per heavy atom. The van der Waals surface area contributed by atoms with Gasteiger partial charge in [-0.2, -0.15) is 0 Å². The number of rotatable bonds is 9. The van der Waals surface area contributed by atoms with Gasteiger partial charge in [-0.3, -0.25) is 4.90 Å². The predicted molar refractivity (Wildman–Crippen MR) is 120 cm³/mol. The largest absolute Gasteiger partial charge is 0.490 e. The third kappa shape index (κ3) is 6.37. The van der Waals surface area contributed by atoms with Crippen molar-refractivity contribution in [2.75, 3.05) is 32.7 Å². The second-order valence-corrected chi connectivity index (χ2v) is 6.87. The molecule has 0 saturated carbocycles. The Hall–Kier alpha value is -3.28. The second-order valence-electron chi connectivity index (χ2n) is 6.87. The molecule has 0 heterocycles. The molecule has 0 fully saturated rings. The molecule has 2 amide bonds. The van der Waals surface area contributed by atoms with E-state index < -0.39 is 5.97 Å². The lowest BCUT2D eigenvalue weighted by atomic mass is 10.0. The molecule has 0 saturated heterocycles. The van der Waals surface area contributed by atoms with Crippen LogP contribution in [0.3, 0.4) is 0 Å². The van der Waals surface area contributed by atoms with Crippen molar-refractivity contribution in [2.45, 2.75) is 26.2 Å². The topological polar surface area (TPSA) is 67.9 Å². The van der Waals surface area contributed by atoms with E-state index in [1.165, 1.54) is 14.2 Å². The normalized spacial score (nSPS) is 11.0. The Bertz CT molecular complexity index is 875. The van der Waals surface area contributed by atoms with Crippen molar-refractivity contribution in [1.29, 1.82) is 0 Å². The van der Waals surface area contributed by atoms with Gasteiger partial charge in [-0.25, -0.2) is 9.59 Å². The van der Waals surface area contributed by atoms with Gasteiger partial charge in [0.25, 0.3) is 0 Å². The number of hydrogen-bond acceptors (Lipinski definition) is 4. The minimum absolute atomic E-state index is 0.112. The number of anilines is 1. The first-order chi connectivity index (χ1) is 14.5. The van der Waals surface area contributed by atoms with Crippen LogP contribution in [0.5, 0.6) is 0 Å². The summed E-state index contributed by atoms with van der Waals surface area (Å²) < 4.78 is 9.76. The van der Waals surface area contributed by atoms with Crippen LogP contribution in [-0.4, -0.2) is 39.8 Å². The summed E-state index contributed by atoms with van der Waals surface area (Å²) in [7, 11) is 4.51. The molecule has 0 aliphatic heterocycles. The zero-order valence-corrected chi connectivity index (χ0v) is 18.1. The Kier molecular flexibility index (Phi) is 8.94. The van der Waals surface area contributed by atoms with E-state index in [2.05, 4.69) is 12.2 Å². The summed E-state index contributed by atoms with van der Waals surface area (Å²) in [5, 5.41) is 2.95. The summed E-state index contributed by atoms with van der Waals surface area (Å²) in [6, 6.07) is 15.4. The zero-order valence-electron chi connectivity index (χ0n) is 18.1.